The van der Waals surface area contributed by atoms with Gasteiger partial charge in [0.1, 0.15) is 0 Å². The number of hydrogen-bond acceptors (Lipinski definition) is 7. The molecule has 2 atom stereocenters. The number of carboxylic acid groups (broad SMARTS) is 1. The first-order valence-electron chi connectivity index (χ1n) is 10.1. The minimum absolute atomic E-state index is 0.00542. The number of pyridine rings is 1. The molecule has 2 N–H and O–H groups in total. The summed E-state index contributed by atoms with van der Waals surface area (Å²) >= 11 is 12.0. The fourth-order valence-corrected chi connectivity index (χ4v) is 3.31. The van der Waals surface area contributed by atoms with Gasteiger partial charge >= 0.3 is 17.9 Å². The molecular weight excluding hydrogens is 499 g/mol. The van der Waals surface area contributed by atoms with E-state index in [0.717, 1.165) is 0 Å². The van der Waals surface area contributed by atoms with Crippen LogP contribution in [-0.4, -0.2) is 46.1 Å². The van der Waals surface area contributed by atoms with E-state index in [-0.39, 0.29) is 27.7 Å². The molecule has 0 aliphatic carbocycles. The number of aliphatic carboxylic acids is 1. The Morgan fingerprint density at radius 1 is 0.800 bits per heavy atom. The first-order valence-corrected chi connectivity index (χ1v) is 10.8. The van der Waals surface area contributed by atoms with Crippen LogP contribution in [0.2, 0.25) is 10.0 Å². The van der Waals surface area contributed by atoms with Gasteiger partial charge in [-0.2, -0.15) is 0 Å². The van der Waals surface area contributed by atoms with Crippen LogP contribution in [0.1, 0.15) is 26.4 Å². The zero-order valence-corrected chi connectivity index (χ0v) is 19.4. The van der Waals surface area contributed by atoms with Gasteiger partial charge in [-0.15, -0.1) is 0 Å². The van der Waals surface area contributed by atoms with Crippen molar-refractivity contribution in [2.24, 2.45) is 0 Å². The number of amides is 1. The third-order valence-corrected chi connectivity index (χ3v) is 5.26. The number of nitrogens with zero attached hydrogens (tertiary/aromatic N) is 1. The topological polar surface area (TPSA) is 132 Å². The van der Waals surface area contributed by atoms with Crippen LogP contribution in [-0.2, 0) is 25.6 Å². The van der Waals surface area contributed by atoms with Gasteiger partial charge in [-0.1, -0.05) is 53.5 Å². The van der Waals surface area contributed by atoms with Crippen molar-refractivity contribution < 1.29 is 33.8 Å². The van der Waals surface area contributed by atoms with Gasteiger partial charge in [-0.3, -0.25) is 9.78 Å². The molecule has 0 aliphatic rings. The molecule has 180 valence electrons. The van der Waals surface area contributed by atoms with E-state index in [1.807, 2.05) is 0 Å². The second-order valence-electron chi connectivity index (χ2n) is 6.99. The van der Waals surface area contributed by atoms with Gasteiger partial charge in [0, 0.05) is 6.20 Å². The summed E-state index contributed by atoms with van der Waals surface area (Å²) in [5, 5.41) is 12.2. The minimum Gasteiger partial charge on any atom is -0.478 e. The number of carbonyl (C=O) groups excluding carboxylic acids is 3. The van der Waals surface area contributed by atoms with Crippen molar-refractivity contribution in [1.82, 2.24) is 10.3 Å². The first-order chi connectivity index (χ1) is 16.8. The van der Waals surface area contributed by atoms with Gasteiger partial charge in [0.25, 0.3) is 5.91 Å². The van der Waals surface area contributed by atoms with E-state index < -0.39 is 36.0 Å². The summed E-state index contributed by atoms with van der Waals surface area (Å²) in [5.41, 5.74) is 0.209. The van der Waals surface area contributed by atoms with E-state index in [0.29, 0.717) is 5.69 Å². The van der Waals surface area contributed by atoms with E-state index in [9.17, 15) is 24.3 Å². The smallest absolute Gasteiger partial charge is 0.349 e. The van der Waals surface area contributed by atoms with Crippen molar-refractivity contribution >= 4 is 47.0 Å². The molecule has 1 amide bonds. The van der Waals surface area contributed by atoms with Crippen LogP contribution in [0, 0.1) is 0 Å². The van der Waals surface area contributed by atoms with Gasteiger partial charge in [0.15, 0.2) is 0 Å². The largest absolute Gasteiger partial charge is 0.478 e. The Morgan fingerprint density at radius 2 is 1.31 bits per heavy atom. The fraction of sp³-hybridized carbons (Fsp3) is 0.125. The lowest BCUT2D eigenvalue weighted by Gasteiger charge is -2.23. The Balaban J connectivity index is 1.88. The van der Waals surface area contributed by atoms with E-state index in [4.69, 9.17) is 32.7 Å². The summed E-state index contributed by atoms with van der Waals surface area (Å²) in [6, 6.07) is 16.6. The quantitative estimate of drug-likeness (QED) is 0.412. The van der Waals surface area contributed by atoms with E-state index in [1.165, 1.54) is 42.6 Å². The number of halogens is 2. The van der Waals surface area contributed by atoms with Gasteiger partial charge in [0.2, 0.25) is 12.2 Å². The molecule has 0 aliphatic heterocycles. The highest BCUT2D eigenvalue weighted by molar-refractivity contribution is 6.34. The van der Waals surface area contributed by atoms with Crippen LogP contribution in [0.5, 0.6) is 0 Å². The average molecular weight is 517 g/mol. The Labute approximate surface area is 209 Å². The SMILES string of the molecule is O=C(O[C@H](C(=O)NCc1ccccn1)[C@@H](OC(=O)c1ccccc1Cl)C(=O)O)c1ccccc1Cl. The minimum atomic E-state index is -2.20. The van der Waals surface area contributed by atoms with Gasteiger partial charge in [-0.05, 0) is 36.4 Å². The summed E-state index contributed by atoms with van der Waals surface area (Å²) in [6.45, 7) is -0.107. The Kier molecular flexibility index (Phi) is 8.77. The van der Waals surface area contributed by atoms with Crippen molar-refractivity contribution in [2.75, 3.05) is 0 Å². The lowest BCUT2D eigenvalue weighted by atomic mass is 10.1. The maximum absolute atomic E-state index is 13.0. The number of aromatic nitrogens is 1. The highest BCUT2D eigenvalue weighted by atomic mass is 35.5. The molecule has 9 nitrogen and oxygen atoms in total. The number of ether oxygens (including phenoxy) is 2. The van der Waals surface area contributed by atoms with Crippen molar-refractivity contribution in [3.05, 3.63) is 99.8 Å². The molecule has 0 spiro atoms. The van der Waals surface area contributed by atoms with Crippen LogP contribution >= 0.6 is 23.2 Å². The molecule has 0 bridgehead atoms. The van der Waals surface area contributed by atoms with Crippen molar-refractivity contribution in [3.8, 4) is 0 Å². The van der Waals surface area contributed by atoms with Gasteiger partial charge in [0.05, 0.1) is 33.4 Å². The summed E-state index contributed by atoms with van der Waals surface area (Å²) in [4.78, 5) is 54.4. The number of nitrogens with one attached hydrogen (secondary N) is 1. The Hall–Kier alpha value is -3.95. The Bertz CT molecular complexity index is 1240. The van der Waals surface area contributed by atoms with Crippen LogP contribution in [0.15, 0.2) is 72.9 Å². The zero-order chi connectivity index (χ0) is 25.4. The summed E-state index contributed by atoms with van der Waals surface area (Å²) in [7, 11) is 0. The number of esters is 2. The van der Waals surface area contributed by atoms with Crippen LogP contribution in [0.25, 0.3) is 0 Å². The molecule has 0 radical (unpaired) electrons. The van der Waals surface area contributed by atoms with Crippen molar-refractivity contribution in [3.63, 3.8) is 0 Å². The number of hydrogen-bond donors (Lipinski definition) is 2. The molecule has 2 aromatic carbocycles. The highest BCUT2D eigenvalue weighted by Gasteiger charge is 2.41. The number of rotatable bonds is 9. The number of carboxylic acids is 1. The molecule has 0 fully saturated rings. The van der Waals surface area contributed by atoms with Crippen molar-refractivity contribution in [1.29, 1.82) is 0 Å². The highest BCUT2D eigenvalue weighted by Crippen LogP contribution is 2.21. The molecule has 35 heavy (non-hydrogen) atoms. The van der Waals surface area contributed by atoms with Crippen LogP contribution < -0.4 is 5.32 Å². The van der Waals surface area contributed by atoms with Gasteiger partial charge in [-0.25, -0.2) is 14.4 Å². The van der Waals surface area contributed by atoms with Crippen LogP contribution in [0.3, 0.4) is 0 Å². The predicted molar refractivity (Wildman–Crippen MR) is 125 cm³/mol. The molecule has 0 saturated carbocycles. The molecule has 3 rings (SSSR count). The van der Waals surface area contributed by atoms with E-state index in [2.05, 4.69) is 10.3 Å². The molecule has 0 saturated heterocycles. The number of carbonyl (C=O) groups is 4. The molecular formula is C24H18Cl2N2O7. The third-order valence-electron chi connectivity index (χ3n) is 4.60. The normalized spacial score (nSPS) is 12.2. The second-order valence-corrected chi connectivity index (χ2v) is 7.80. The maximum atomic E-state index is 13.0. The molecule has 0 unspecified atom stereocenters. The second kappa shape index (κ2) is 12.0. The summed E-state index contributed by atoms with van der Waals surface area (Å²) < 4.78 is 10.3. The molecule has 11 heteroatoms. The van der Waals surface area contributed by atoms with E-state index >= 15 is 0 Å². The monoisotopic (exact) mass is 516 g/mol. The van der Waals surface area contributed by atoms with Crippen LogP contribution in [0.4, 0.5) is 0 Å². The maximum Gasteiger partial charge on any atom is 0.349 e. The molecule has 1 aromatic heterocycles. The summed E-state index contributed by atoms with van der Waals surface area (Å²) in [6.07, 6.45) is -2.76. The standard InChI is InChI=1S/C24H18Cl2N2O7/c25-17-10-3-1-8-15(17)23(32)34-19(21(29)28-13-14-7-5-6-12-27-14)20(22(30)31)35-24(33)16-9-2-4-11-18(16)26/h1-12,19-20H,13H2,(H,28,29)(H,30,31)/t19-,20+/m0/s1. The summed E-state index contributed by atoms with van der Waals surface area (Å²) in [5.74, 6) is -4.97. The Morgan fingerprint density at radius 3 is 1.80 bits per heavy atom. The first kappa shape index (κ1) is 25.7. The van der Waals surface area contributed by atoms with Gasteiger partial charge < -0.3 is 19.9 Å². The van der Waals surface area contributed by atoms with E-state index in [1.54, 1.807) is 30.3 Å². The zero-order valence-electron chi connectivity index (χ0n) is 17.9. The number of benzene rings is 2. The van der Waals surface area contributed by atoms with Crippen molar-refractivity contribution in [2.45, 2.75) is 18.8 Å². The predicted octanol–water partition coefficient (Wildman–Crippen LogP) is 3.54. The molecule has 1 heterocycles. The fourth-order valence-electron chi connectivity index (χ4n) is 2.89. The third kappa shape index (κ3) is 6.78. The molecule has 3 aromatic rings. The lowest BCUT2D eigenvalue weighted by Crippen LogP contribution is -2.50. The lowest BCUT2D eigenvalue weighted by molar-refractivity contribution is -0.159. The average Bonchev–Trinajstić information content (AvgIpc) is 2.85.